The van der Waals surface area contributed by atoms with Crippen molar-refractivity contribution in [3.63, 3.8) is 0 Å². The van der Waals surface area contributed by atoms with Crippen molar-refractivity contribution in [1.82, 2.24) is 10.1 Å². The van der Waals surface area contributed by atoms with Crippen molar-refractivity contribution in [2.24, 2.45) is 0 Å². The van der Waals surface area contributed by atoms with Crippen molar-refractivity contribution in [3.05, 3.63) is 65.1 Å². The van der Waals surface area contributed by atoms with Gasteiger partial charge in [-0.3, -0.25) is 0 Å². The normalized spacial score (nSPS) is 17.6. The van der Waals surface area contributed by atoms with Crippen LogP contribution in [0.3, 0.4) is 0 Å². The molecule has 5 rings (SSSR count). The minimum absolute atomic E-state index is 0.274. The number of hydrogen-bond donors (Lipinski definition) is 0. The van der Waals surface area contributed by atoms with E-state index in [-0.39, 0.29) is 5.82 Å². The first-order valence-corrected chi connectivity index (χ1v) is 9.85. The third-order valence-corrected chi connectivity index (χ3v) is 5.99. The van der Waals surface area contributed by atoms with Crippen molar-refractivity contribution < 1.29 is 8.91 Å². The fraction of sp³-hybridized carbons (Fsp3) is 0.348. The largest absolute Gasteiger partial charge is 0.356 e. The number of halogens is 1. The summed E-state index contributed by atoms with van der Waals surface area (Å²) in [6, 6.07) is 13.4. The molecule has 0 spiro atoms. The highest BCUT2D eigenvalue weighted by Gasteiger charge is 2.25. The molecule has 0 bridgehead atoms. The molecule has 138 valence electrons. The van der Waals surface area contributed by atoms with Crippen molar-refractivity contribution >= 4 is 22.6 Å². The summed E-state index contributed by atoms with van der Waals surface area (Å²) in [5, 5.41) is 5.21. The van der Waals surface area contributed by atoms with Gasteiger partial charge in [-0.25, -0.2) is 4.39 Å². The number of aromatic nitrogens is 1. The lowest BCUT2D eigenvalue weighted by Gasteiger charge is -2.31. The summed E-state index contributed by atoms with van der Waals surface area (Å²) in [6.07, 6.45) is 6.86. The van der Waals surface area contributed by atoms with Crippen LogP contribution in [0, 0.1) is 5.82 Å². The number of fused-ring (bicyclic) bond motifs is 2. The van der Waals surface area contributed by atoms with Gasteiger partial charge in [-0.05, 0) is 74.2 Å². The van der Waals surface area contributed by atoms with Gasteiger partial charge in [0.15, 0.2) is 5.58 Å². The van der Waals surface area contributed by atoms with E-state index in [1.54, 1.807) is 6.07 Å². The summed E-state index contributed by atoms with van der Waals surface area (Å²) in [7, 11) is 0. The lowest BCUT2D eigenvalue weighted by molar-refractivity contribution is 0.208. The molecule has 0 amide bonds. The number of nitrogens with zero attached hydrogens (tertiary/aromatic N) is 2. The topological polar surface area (TPSA) is 29.3 Å². The molecule has 27 heavy (non-hydrogen) atoms. The Morgan fingerprint density at radius 3 is 2.81 bits per heavy atom. The van der Waals surface area contributed by atoms with Gasteiger partial charge >= 0.3 is 0 Å². The number of rotatable bonds is 5. The first-order valence-electron chi connectivity index (χ1n) is 9.85. The van der Waals surface area contributed by atoms with Crippen LogP contribution < -0.4 is 0 Å². The molecule has 1 fully saturated rings. The molecule has 2 aromatic carbocycles. The standard InChI is InChI=1S/C23H23FN2O/c24-19-7-8-21-22(15-19)27-25-23(21)16-9-12-26(13-10-16)11-3-5-18-14-17-4-1-2-6-20(17)18/h1-2,4,6-8,14-16H,3,5,9-13H2. The van der Waals surface area contributed by atoms with Gasteiger partial charge in [-0.1, -0.05) is 35.5 Å². The van der Waals surface area contributed by atoms with Gasteiger partial charge in [0.1, 0.15) is 5.82 Å². The minimum Gasteiger partial charge on any atom is -0.356 e. The Labute approximate surface area is 158 Å². The average Bonchev–Trinajstić information content (AvgIpc) is 3.09. The lowest BCUT2D eigenvalue weighted by Crippen LogP contribution is -2.33. The Morgan fingerprint density at radius 1 is 1.11 bits per heavy atom. The van der Waals surface area contributed by atoms with Gasteiger partial charge in [-0.15, -0.1) is 0 Å². The maximum Gasteiger partial charge on any atom is 0.170 e. The highest BCUT2D eigenvalue weighted by molar-refractivity contribution is 5.95. The maximum atomic E-state index is 13.3. The van der Waals surface area contributed by atoms with Crippen molar-refractivity contribution in [1.29, 1.82) is 0 Å². The van der Waals surface area contributed by atoms with Crippen LogP contribution in [-0.2, 0) is 0 Å². The van der Waals surface area contributed by atoms with Gasteiger partial charge < -0.3 is 9.42 Å². The third-order valence-electron chi connectivity index (χ3n) is 5.99. The summed E-state index contributed by atoms with van der Waals surface area (Å²) >= 11 is 0. The second-order valence-electron chi connectivity index (χ2n) is 7.68. The Kier molecular flexibility index (Phi) is 4.29. The molecule has 1 aliphatic carbocycles. The minimum atomic E-state index is -0.274. The molecule has 1 saturated heterocycles. The molecule has 2 heterocycles. The molecule has 0 unspecified atom stereocenters. The Bertz CT molecular complexity index is 999. The second-order valence-corrected chi connectivity index (χ2v) is 7.68. The van der Waals surface area contributed by atoms with Gasteiger partial charge in [-0.2, -0.15) is 0 Å². The molecular weight excluding hydrogens is 339 g/mol. The number of allylic oxidation sites excluding steroid dienone is 1. The van der Waals surface area contributed by atoms with Gasteiger partial charge in [0.2, 0.25) is 0 Å². The van der Waals surface area contributed by atoms with E-state index in [2.05, 4.69) is 40.4 Å². The van der Waals surface area contributed by atoms with E-state index in [1.165, 1.54) is 35.3 Å². The zero-order valence-corrected chi connectivity index (χ0v) is 15.3. The molecule has 0 radical (unpaired) electrons. The number of hydrogen-bond acceptors (Lipinski definition) is 3. The summed E-state index contributed by atoms with van der Waals surface area (Å²) < 4.78 is 18.7. The summed E-state index contributed by atoms with van der Waals surface area (Å²) in [5.41, 5.74) is 5.88. The van der Waals surface area contributed by atoms with Gasteiger partial charge in [0, 0.05) is 17.4 Å². The molecule has 0 atom stereocenters. The quantitative estimate of drug-likeness (QED) is 0.602. The predicted octanol–water partition coefficient (Wildman–Crippen LogP) is 5.48. The maximum absolute atomic E-state index is 13.3. The SMILES string of the molecule is Fc1ccc2c(C3CCN(CCCC4=Cc5ccccc54)CC3)noc2c1. The van der Waals surface area contributed by atoms with Crippen LogP contribution >= 0.6 is 0 Å². The van der Waals surface area contributed by atoms with Crippen molar-refractivity contribution in [2.45, 2.75) is 31.6 Å². The molecule has 1 aromatic heterocycles. The molecule has 3 nitrogen and oxygen atoms in total. The summed E-state index contributed by atoms with van der Waals surface area (Å²) in [4.78, 5) is 2.56. The van der Waals surface area contributed by atoms with E-state index in [0.717, 1.165) is 50.0 Å². The molecule has 1 aliphatic heterocycles. The number of benzene rings is 2. The second kappa shape index (κ2) is 6.93. The average molecular weight is 362 g/mol. The van der Waals surface area contributed by atoms with Crippen LogP contribution in [-0.4, -0.2) is 29.7 Å². The fourth-order valence-corrected chi connectivity index (χ4v) is 4.46. The molecule has 3 aromatic rings. The number of piperidine rings is 1. The van der Waals surface area contributed by atoms with Crippen LogP contribution in [0.15, 0.2) is 47.0 Å². The van der Waals surface area contributed by atoms with E-state index < -0.39 is 0 Å². The first-order chi connectivity index (χ1) is 13.3. The highest BCUT2D eigenvalue weighted by Crippen LogP contribution is 2.36. The van der Waals surface area contributed by atoms with E-state index in [9.17, 15) is 4.39 Å². The van der Waals surface area contributed by atoms with E-state index in [0.29, 0.717) is 11.5 Å². The van der Waals surface area contributed by atoms with Crippen LogP contribution in [0.2, 0.25) is 0 Å². The zero-order valence-electron chi connectivity index (χ0n) is 15.3. The molecule has 0 N–H and O–H groups in total. The van der Waals surface area contributed by atoms with E-state index in [4.69, 9.17) is 4.52 Å². The zero-order chi connectivity index (χ0) is 18.2. The van der Waals surface area contributed by atoms with Gasteiger partial charge in [0.25, 0.3) is 0 Å². The summed E-state index contributed by atoms with van der Waals surface area (Å²) in [6.45, 7) is 3.34. The smallest absolute Gasteiger partial charge is 0.170 e. The summed E-state index contributed by atoms with van der Waals surface area (Å²) in [5.74, 6) is 0.137. The highest BCUT2D eigenvalue weighted by atomic mass is 19.1. The molecule has 2 aliphatic rings. The van der Waals surface area contributed by atoms with Crippen LogP contribution in [0.1, 0.15) is 48.4 Å². The Hall–Kier alpha value is -2.46. The van der Waals surface area contributed by atoms with Crippen LogP contribution in [0.5, 0.6) is 0 Å². The van der Waals surface area contributed by atoms with E-state index in [1.807, 2.05) is 0 Å². The molecular formula is C23H23FN2O. The third kappa shape index (κ3) is 3.19. The lowest BCUT2D eigenvalue weighted by atomic mass is 9.86. The Balaban J connectivity index is 1.13. The predicted molar refractivity (Wildman–Crippen MR) is 106 cm³/mol. The monoisotopic (exact) mass is 362 g/mol. The fourth-order valence-electron chi connectivity index (χ4n) is 4.46. The van der Waals surface area contributed by atoms with Crippen LogP contribution in [0.25, 0.3) is 22.6 Å². The molecule has 0 saturated carbocycles. The Morgan fingerprint density at radius 2 is 1.96 bits per heavy atom. The van der Waals surface area contributed by atoms with Crippen molar-refractivity contribution in [2.75, 3.05) is 19.6 Å². The first kappa shape index (κ1) is 16.7. The van der Waals surface area contributed by atoms with Gasteiger partial charge in [0.05, 0.1) is 5.69 Å². The van der Waals surface area contributed by atoms with Crippen molar-refractivity contribution in [3.8, 4) is 0 Å². The number of likely N-dealkylation sites (tertiary alicyclic amines) is 1. The van der Waals surface area contributed by atoms with Crippen LogP contribution in [0.4, 0.5) is 4.39 Å². The molecule has 4 heteroatoms. The van der Waals surface area contributed by atoms with E-state index >= 15 is 0 Å².